The third kappa shape index (κ3) is 1.71. The molecule has 0 aromatic heterocycles. The molecular weight excluding hydrogens is 146 g/mol. The first-order valence-electron chi connectivity index (χ1n) is 5.15. The number of hydrogen-bond acceptors (Lipinski definition) is 1. The van der Waals surface area contributed by atoms with E-state index in [1.807, 2.05) is 0 Å². The second-order valence-electron chi connectivity index (χ2n) is 4.01. The maximum absolute atomic E-state index is 6.16. The van der Waals surface area contributed by atoms with Crippen LogP contribution in [0, 0.1) is 5.41 Å². The van der Waals surface area contributed by atoms with Crippen molar-refractivity contribution in [1.82, 2.24) is 0 Å². The molecule has 0 bridgehead atoms. The zero-order valence-electron chi connectivity index (χ0n) is 8.34. The molecule has 12 heavy (non-hydrogen) atoms. The predicted molar refractivity (Wildman–Crippen MR) is 54.0 cm³/mol. The summed E-state index contributed by atoms with van der Waals surface area (Å²) in [5, 5.41) is 0. The lowest BCUT2D eigenvalue weighted by atomic mass is 9.74. The molecule has 0 aliphatic heterocycles. The fourth-order valence-electron chi connectivity index (χ4n) is 2.34. The summed E-state index contributed by atoms with van der Waals surface area (Å²) in [6.45, 7) is 4.45. The first-order valence-corrected chi connectivity index (χ1v) is 5.15. The first kappa shape index (κ1) is 9.79. The highest BCUT2D eigenvalue weighted by Gasteiger charge is 2.34. The van der Waals surface area contributed by atoms with Gasteiger partial charge < -0.3 is 5.73 Å². The van der Waals surface area contributed by atoms with Gasteiger partial charge in [-0.1, -0.05) is 32.4 Å². The van der Waals surface area contributed by atoms with Gasteiger partial charge in [-0.15, -0.1) is 0 Å². The summed E-state index contributed by atoms with van der Waals surface area (Å²) in [7, 11) is 0. The van der Waals surface area contributed by atoms with Gasteiger partial charge in [-0.3, -0.25) is 0 Å². The van der Waals surface area contributed by atoms with Crippen molar-refractivity contribution in [3.8, 4) is 0 Å². The topological polar surface area (TPSA) is 26.0 Å². The van der Waals surface area contributed by atoms with E-state index in [9.17, 15) is 0 Å². The molecule has 1 rings (SSSR count). The minimum atomic E-state index is 0.396. The van der Waals surface area contributed by atoms with E-state index in [1.165, 1.54) is 25.7 Å². The highest BCUT2D eigenvalue weighted by Crippen LogP contribution is 2.41. The fraction of sp³-hybridized carbons (Fsp3) is 0.818. The smallest absolute Gasteiger partial charge is 0.00988 e. The van der Waals surface area contributed by atoms with Crippen molar-refractivity contribution < 1.29 is 0 Å². The minimum Gasteiger partial charge on any atom is -0.327 e. The van der Waals surface area contributed by atoms with E-state index in [2.05, 4.69) is 26.0 Å². The van der Waals surface area contributed by atoms with Crippen LogP contribution in [-0.2, 0) is 0 Å². The van der Waals surface area contributed by atoms with Crippen molar-refractivity contribution in [1.29, 1.82) is 0 Å². The molecule has 0 heterocycles. The molecule has 1 aliphatic rings. The molecule has 0 radical (unpaired) electrons. The Bertz CT molecular complexity index is 152. The van der Waals surface area contributed by atoms with E-state index < -0.39 is 0 Å². The third-order valence-electron chi connectivity index (χ3n) is 3.19. The standard InChI is InChI=1S/C11H21N/c1-3-7-11(10(12)4-2)8-5-6-9-11/h5-6,10H,3-4,7-9,12H2,1-2H3. The van der Waals surface area contributed by atoms with Crippen LogP contribution in [0.2, 0.25) is 0 Å². The molecule has 1 heteroatoms. The molecule has 1 nitrogen and oxygen atoms in total. The second-order valence-corrected chi connectivity index (χ2v) is 4.01. The van der Waals surface area contributed by atoms with Crippen molar-refractivity contribution >= 4 is 0 Å². The van der Waals surface area contributed by atoms with Crippen molar-refractivity contribution in [3.05, 3.63) is 12.2 Å². The van der Waals surface area contributed by atoms with E-state index in [-0.39, 0.29) is 0 Å². The van der Waals surface area contributed by atoms with Gasteiger partial charge in [-0.2, -0.15) is 0 Å². The predicted octanol–water partition coefficient (Wildman–Crippen LogP) is 2.86. The minimum absolute atomic E-state index is 0.396. The van der Waals surface area contributed by atoms with Crippen LogP contribution in [0.3, 0.4) is 0 Å². The SMILES string of the molecule is CCCC1(C(N)CC)CC=CC1. The van der Waals surface area contributed by atoms with Crippen LogP contribution in [0.1, 0.15) is 46.0 Å². The van der Waals surface area contributed by atoms with Gasteiger partial charge in [0.15, 0.2) is 0 Å². The molecule has 0 amide bonds. The van der Waals surface area contributed by atoms with E-state index in [0.29, 0.717) is 11.5 Å². The van der Waals surface area contributed by atoms with Crippen LogP contribution >= 0.6 is 0 Å². The van der Waals surface area contributed by atoms with Gasteiger partial charge in [0.2, 0.25) is 0 Å². The average Bonchev–Trinajstić information content (AvgIpc) is 2.53. The van der Waals surface area contributed by atoms with Gasteiger partial charge >= 0.3 is 0 Å². The van der Waals surface area contributed by atoms with Gasteiger partial charge in [0.25, 0.3) is 0 Å². The molecule has 70 valence electrons. The summed E-state index contributed by atoms with van der Waals surface area (Å²) in [5.74, 6) is 0. The molecule has 0 saturated carbocycles. The number of allylic oxidation sites excluding steroid dienone is 2. The molecule has 2 N–H and O–H groups in total. The van der Waals surface area contributed by atoms with Crippen LogP contribution in [0.4, 0.5) is 0 Å². The van der Waals surface area contributed by atoms with Gasteiger partial charge in [0, 0.05) is 6.04 Å². The average molecular weight is 167 g/mol. The molecule has 0 fully saturated rings. The van der Waals surface area contributed by atoms with Crippen molar-refractivity contribution in [3.63, 3.8) is 0 Å². The number of nitrogens with two attached hydrogens (primary N) is 1. The van der Waals surface area contributed by atoms with E-state index in [1.54, 1.807) is 0 Å². The van der Waals surface area contributed by atoms with E-state index >= 15 is 0 Å². The Morgan fingerprint density at radius 2 is 1.92 bits per heavy atom. The van der Waals surface area contributed by atoms with Gasteiger partial charge in [0.05, 0.1) is 0 Å². The highest BCUT2D eigenvalue weighted by atomic mass is 14.7. The zero-order valence-corrected chi connectivity index (χ0v) is 8.34. The second kappa shape index (κ2) is 4.08. The largest absolute Gasteiger partial charge is 0.327 e. The summed E-state index contributed by atoms with van der Waals surface area (Å²) in [4.78, 5) is 0. The van der Waals surface area contributed by atoms with Crippen molar-refractivity contribution in [2.45, 2.75) is 52.0 Å². The van der Waals surface area contributed by atoms with Crippen LogP contribution in [0.5, 0.6) is 0 Å². The molecule has 0 saturated heterocycles. The molecular formula is C11H21N. The quantitative estimate of drug-likeness (QED) is 0.640. The van der Waals surface area contributed by atoms with Crippen LogP contribution in [0.15, 0.2) is 12.2 Å². The zero-order chi connectivity index (χ0) is 9.03. The monoisotopic (exact) mass is 167 g/mol. The molecule has 0 aromatic rings. The van der Waals surface area contributed by atoms with E-state index in [0.717, 1.165) is 6.42 Å². The third-order valence-corrected chi connectivity index (χ3v) is 3.19. The van der Waals surface area contributed by atoms with Gasteiger partial charge in [-0.25, -0.2) is 0 Å². The maximum atomic E-state index is 6.16. The molecule has 0 aromatic carbocycles. The molecule has 1 aliphatic carbocycles. The summed E-state index contributed by atoms with van der Waals surface area (Å²) < 4.78 is 0. The van der Waals surface area contributed by atoms with E-state index in [4.69, 9.17) is 5.73 Å². The van der Waals surface area contributed by atoms with Crippen LogP contribution < -0.4 is 5.73 Å². The molecule has 1 unspecified atom stereocenters. The number of hydrogen-bond donors (Lipinski definition) is 1. The lowest BCUT2D eigenvalue weighted by Gasteiger charge is -2.34. The summed E-state index contributed by atoms with van der Waals surface area (Å²) in [6.07, 6.45) is 10.7. The maximum Gasteiger partial charge on any atom is 0.00988 e. The van der Waals surface area contributed by atoms with Crippen molar-refractivity contribution in [2.24, 2.45) is 11.1 Å². The lowest BCUT2D eigenvalue weighted by Crippen LogP contribution is -2.39. The lowest BCUT2D eigenvalue weighted by molar-refractivity contribution is 0.213. The van der Waals surface area contributed by atoms with Gasteiger partial charge in [-0.05, 0) is 31.1 Å². The molecule has 0 spiro atoms. The summed E-state index contributed by atoms with van der Waals surface area (Å²) >= 11 is 0. The molecule has 1 atom stereocenters. The fourth-order valence-corrected chi connectivity index (χ4v) is 2.34. The summed E-state index contributed by atoms with van der Waals surface area (Å²) in [6, 6.07) is 0.396. The Labute approximate surface area is 76.0 Å². The summed E-state index contributed by atoms with van der Waals surface area (Å²) in [5.41, 5.74) is 6.58. The highest BCUT2D eigenvalue weighted by molar-refractivity contribution is 5.06. The Morgan fingerprint density at radius 1 is 1.33 bits per heavy atom. The Hall–Kier alpha value is -0.300. The number of rotatable bonds is 4. The Kier molecular flexibility index (Phi) is 3.33. The van der Waals surface area contributed by atoms with Crippen LogP contribution in [-0.4, -0.2) is 6.04 Å². The normalized spacial score (nSPS) is 22.9. The Balaban J connectivity index is 2.59. The first-order chi connectivity index (χ1) is 5.75. The van der Waals surface area contributed by atoms with Crippen LogP contribution in [0.25, 0.3) is 0 Å². The van der Waals surface area contributed by atoms with Gasteiger partial charge in [0.1, 0.15) is 0 Å². The van der Waals surface area contributed by atoms with Crippen molar-refractivity contribution in [2.75, 3.05) is 0 Å². The Morgan fingerprint density at radius 3 is 2.33 bits per heavy atom.